The minimum atomic E-state index is -0.398. The number of aryl methyl sites for hydroxylation is 1. The highest BCUT2D eigenvalue weighted by atomic mass is 16.5. The maximum Gasteiger partial charge on any atom is 0.225 e. The van der Waals surface area contributed by atoms with Crippen molar-refractivity contribution in [1.82, 2.24) is 5.32 Å². The molecule has 1 aromatic rings. The Bertz CT molecular complexity index is 559. The summed E-state index contributed by atoms with van der Waals surface area (Å²) in [5.74, 6) is 0.993. The van der Waals surface area contributed by atoms with Gasteiger partial charge >= 0.3 is 0 Å². The summed E-state index contributed by atoms with van der Waals surface area (Å²) >= 11 is 0. The summed E-state index contributed by atoms with van der Waals surface area (Å²) in [6, 6.07) is 4.18. The molecule has 4 nitrogen and oxygen atoms in total. The zero-order chi connectivity index (χ0) is 16.5. The second-order valence-corrected chi connectivity index (χ2v) is 7.15. The fourth-order valence-electron chi connectivity index (χ4n) is 2.66. The van der Waals surface area contributed by atoms with Crippen LogP contribution < -0.4 is 15.8 Å². The van der Waals surface area contributed by atoms with E-state index in [1.165, 1.54) is 5.56 Å². The molecule has 1 aromatic carbocycles. The first-order valence-corrected chi connectivity index (χ1v) is 8.10. The highest BCUT2D eigenvalue weighted by molar-refractivity contribution is 5.82. The molecule has 0 aliphatic carbocycles. The summed E-state index contributed by atoms with van der Waals surface area (Å²) < 4.78 is 5.89. The standard InChI is InChI=1S/C18H28N2O2/c1-6-12-9-13(11(2)19)10-14-15(7-8-22-16(12)14)20-17(21)18(3,4)5/h9-11,15H,6-8,19H2,1-5H3,(H,20,21). The second kappa shape index (κ2) is 6.29. The number of benzene rings is 1. The van der Waals surface area contributed by atoms with Crippen molar-refractivity contribution in [3.05, 3.63) is 28.8 Å². The van der Waals surface area contributed by atoms with E-state index in [1.807, 2.05) is 27.7 Å². The maximum atomic E-state index is 12.3. The van der Waals surface area contributed by atoms with Gasteiger partial charge in [-0.05, 0) is 30.5 Å². The van der Waals surface area contributed by atoms with E-state index in [2.05, 4.69) is 24.4 Å². The Labute approximate surface area is 133 Å². The molecule has 0 bridgehead atoms. The van der Waals surface area contributed by atoms with Crippen LogP contribution in [0, 0.1) is 5.41 Å². The number of hydrogen-bond acceptors (Lipinski definition) is 3. The predicted octanol–water partition coefficient (Wildman–Crippen LogP) is 3.25. The van der Waals surface area contributed by atoms with Crippen molar-refractivity contribution in [2.45, 2.75) is 59.5 Å². The first-order valence-electron chi connectivity index (χ1n) is 8.10. The molecule has 0 fully saturated rings. The average molecular weight is 304 g/mol. The molecule has 1 heterocycles. The monoisotopic (exact) mass is 304 g/mol. The van der Waals surface area contributed by atoms with Crippen molar-refractivity contribution in [1.29, 1.82) is 0 Å². The zero-order valence-electron chi connectivity index (χ0n) is 14.3. The Morgan fingerprint density at radius 1 is 1.45 bits per heavy atom. The Balaban J connectivity index is 2.40. The number of rotatable bonds is 3. The van der Waals surface area contributed by atoms with Crippen LogP contribution in [0.5, 0.6) is 5.75 Å². The van der Waals surface area contributed by atoms with E-state index in [0.717, 1.165) is 29.7 Å². The third-order valence-electron chi connectivity index (χ3n) is 4.14. The van der Waals surface area contributed by atoms with Crippen molar-refractivity contribution < 1.29 is 9.53 Å². The minimum Gasteiger partial charge on any atom is -0.493 e. The lowest BCUT2D eigenvalue weighted by atomic mass is 9.90. The van der Waals surface area contributed by atoms with E-state index >= 15 is 0 Å². The number of carbonyl (C=O) groups excluding carboxylic acids is 1. The number of amides is 1. The smallest absolute Gasteiger partial charge is 0.225 e. The Morgan fingerprint density at radius 2 is 2.14 bits per heavy atom. The van der Waals surface area contributed by atoms with E-state index in [9.17, 15) is 4.79 Å². The second-order valence-electron chi connectivity index (χ2n) is 7.15. The molecule has 4 heteroatoms. The summed E-state index contributed by atoms with van der Waals surface area (Å²) in [6.45, 7) is 10.5. The summed E-state index contributed by atoms with van der Waals surface area (Å²) in [4.78, 5) is 12.3. The van der Waals surface area contributed by atoms with Gasteiger partial charge in [-0.3, -0.25) is 4.79 Å². The number of fused-ring (bicyclic) bond motifs is 1. The van der Waals surface area contributed by atoms with E-state index in [0.29, 0.717) is 6.61 Å². The normalized spacial score (nSPS) is 19.1. The molecule has 0 saturated carbocycles. The van der Waals surface area contributed by atoms with Gasteiger partial charge in [0.15, 0.2) is 0 Å². The van der Waals surface area contributed by atoms with E-state index in [1.54, 1.807) is 0 Å². The molecule has 2 rings (SSSR count). The predicted molar refractivity (Wildman–Crippen MR) is 88.9 cm³/mol. The molecule has 2 unspecified atom stereocenters. The van der Waals surface area contributed by atoms with Gasteiger partial charge in [0.1, 0.15) is 5.75 Å². The third-order valence-corrected chi connectivity index (χ3v) is 4.14. The first-order chi connectivity index (χ1) is 10.2. The molecule has 0 aromatic heterocycles. The van der Waals surface area contributed by atoms with Crippen LogP contribution in [0.3, 0.4) is 0 Å². The molecule has 0 spiro atoms. The highest BCUT2D eigenvalue weighted by Gasteiger charge is 2.29. The van der Waals surface area contributed by atoms with Gasteiger partial charge in [-0.25, -0.2) is 0 Å². The number of carbonyl (C=O) groups is 1. The quantitative estimate of drug-likeness (QED) is 0.901. The number of nitrogens with one attached hydrogen (secondary N) is 1. The SMILES string of the molecule is CCc1cc(C(C)N)cc2c1OCCC2NC(=O)C(C)(C)C. The minimum absolute atomic E-state index is 0.000486. The topological polar surface area (TPSA) is 64.3 Å². The molecule has 0 radical (unpaired) electrons. The van der Waals surface area contributed by atoms with Crippen molar-refractivity contribution in [3.63, 3.8) is 0 Å². The van der Waals surface area contributed by atoms with Crippen LogP contribution in [0.2, 0.25) is 0 Å². The van der Waals surface area contributed by atoms with Gasteiger partial charge in [-0.15, -0.1) is 0 Å². The molecule has 1 aliphatic rings. The summed E-state index contributed by atoms with van der Waals surface area (Å²) in [7, 11) is 0. The van der Waals surface area contributed by atoms with E-state index in [-0.39, 0.29) is 18.0 Å². The Morgan fingerprint density at radius 3 is 2.68 bits per heavy atom. The van der Waals surface area contributed by atoms with Crippen LogP contribution >= 0.6 is 0 Å². The molecule has 3 N–H and O–H groups in total. The first kappa shape index (κ1) is 16.8. The number of nitrogens with two attached hydrogens (primary N) is 1. The fraction of sp³-hybridized carbons (Fsp3) is 0.611. The van der Waals surface area contributed by atoms with Crippen LogP contribution in [0.25, 0.3) is 0 Å². The van der Waals surface area contributed by atoms with Crippen molar-refractivity contribution in [2.75, 3.05) is 6.61 Å². The van der Waals surface area contributed by atoms with Gasteiger partial charge in [0.25, 0.3) is 0 Å². The third kappa shape index (κ3) is 3.43. The molecular weight excluding hydrogens is 276 g/mol. The molecular formula is C18H28N2O2. The largest absolute Gasteiger partial charge is 0.493 e. The molecule has 22 heavy (non-hydrogen) atoms. The number of hydrogen-bond donors (Lipinski definition) is 2. The Kier molecular flexibility index (Phi) is 4.81. The van der Waals surface area contributed by atoms with Gasteiger partial charge in [0.2, 0.25) is 5.91 Å². The van der Waals surface area contributed by atoms with Gasteiger partial charge < -0.3 is 15.8 Å². The van der Waals surface area contributed by atoms with Gasteiger partial charge in [0, 0.05) is 23.4 Å². The molecule has 1 amide bonds. The van der Waals surface area contributed by atoms with Crippen LogP contribution in [-0.4, -0.2) is 12.5 Å². The van der Waals surface area contributed by atoms with Gasteiger partial charge in [-0.1, -0.05) is 33.8 Å². The lowest BCUT2D eigenvalue weighted by Crippen LogP contribution is -2.39. The lowest BCUT2D eigenvalue weighted by molar-refractivity contribution is -0.129. The van der Waals surface area contributed by atoms with Crippen LogP contribution in [0.1, 0.15) is 69.8 Å². The van der Waals surface area contributed by atoms with E-state index < -0.39 is 5.41 Å². The van der Waals surface area contributed by atoms with Crippen molar-refractivity contribution in [2.24, 2.45) is 11.1 Å². The summed E-state index contributed by atoms with van der Waals surface area (Å²) in [5, 5.41) is 3.17. The van der Waals surface area contributed by atoms with Crippen LogP contribution in [0.4, 0.5) is 0 Å². The van der Waals surface area contributed by atoms with Gasteiger partial charge in [-0.2, -0.15) is 0 Å². The van der Waals surface area contributed by atoms with E-state index in [4.69, 9.17) is 10.5 Å². The lowest BCUT2D eigenvalue weighted by Gasteiger charge is -2.31. The average Bonchev–Trinajstić information content (AvgIpc) is 2.45. The van der Waals surface area contributed by atoms with Crippen molar-refractivity contribution >= 4 is 5.91 Å². The molecule has 1 aliphatic heterocycles. The molecule has 2 atom stereocenters. The molecule has 122 valence electrons. The Hall–Kier alpha value is -1.55. The van der Waals surface area contributed by atoms with Crippen LogP contribution in [0.15, 0.2) is 12.1 Å². The highest BCUT2D eigenvalue weighted by Crippen LogP contribution is 2.38. The molecule has 0 saturated heterocycles. The fourth-order valence-corrected chi connectivity index (χ4v) is 2.66. The van der Waals surface area contributed by atoms with Crippen LogP contribution in [-0.2, 0) is 11.2 Å². The zero-order valence-corrected chi connectivity index (χ0v) is 14.3. The van der Waals surface area contributed by atoms with Gasteiger partial charge in [0.05, 0.1) is 12.6 Å². The summed E-state index contributed by atoms with van der Waals surface area (Å²) in [5.41, 5.74) is 8.99. The number of ether oxygens (including phenoxy) is 1. The summed E-state index contributed by atoms with van der Waals surface area (Å²) in [6.07, 6.45) is 1.68. The maximum absolute atomic E-state index is 12.3. The van der Waals surface area contributed by atoms with Crippen molar-refractivity contribution in [3.8, 4) is 5.75 Å².